The van der Waals surface area contributed by atoms with Gasteiger partial charge in [0.25, 0.3) is 0 Å². The molecule has 3 aromatic heterocycles. The molecule has 1 aromatic carbocycles. The van der Waals surface area contributed by atoms with Gasteiger partial charge in [0, 0.05) is 23.8 Å². The Hall–Kier alpha value is -2.79. The van der Waals surface area contributed by atoms with Crippen molar-refractivity contribution >= 4 is 61.3 Å². The van der Waals surface area contributed by atoms with Crippen LogP contribution in [0.3, 0.4) is 0 Å². The molecule has 5 rings (SSSR count). The highest BCUT2D eigenvalue weighted by atomic mass is 35.5. The fourth-order valence-electron chi connectivity index (χ4n) is 3.43. The number of fused-ring (bicyclic) bond motifs is 1. The summed E-state index contributed by atoms with van der Waals surface area (Å²) in [6.07, 6.45) is 0. The number of ether oxygens (including phenoxy) is 1. The number of halogens is 1. The maximum Gasteiger partial charge on any atom is 0.349 e. The van der Waals surface area contributed by atoms with Crippen LogP contribution in [0.1, 0.15) is 0 Å². The highest BCUT2D eigenvalue weighted by molar-refractivity contribution is 7.22. The van der Waals surface area contributed by atoms with E-state index in [0.717, 1.165) is 23.1 Å². The van der Waals surface area contributed by atoms with Gasteiger partial charge >= 0.3 is 5.69 Å². The topological polar surface area (TPSA) is 89.3 Å². The number of morpholine rings is 1. The standard InChI is InChI=1S/C21H18ClN5O3S2/c22-13-3-5-14(6-4-13)23-16(28)12-27-19-18(17(24-20(27)29)15-2-1-11-31-15)25-21(32-19)26-7-9-30-10-8-26/h1-6,11H,7-10,12H2,(H,23,28). The molecule has 0 radical (unpaired) electrons. The van der Waals surface area contributed by atoms with Crippen molar-refractivity contribution in [2.75, 3.05) is 36.5 Å². The van der Waals surface area contributed by atoms with E-state index in [0.29, 0.717) is 40.0 Å². The molecule has 1 aliphatic rings. The van der Waals surface area contributed by atoms with Gasteiger partial charge in [-0.1, -0.05) is 29.0 Å². The summed E-state index contributed by atoms with van der Waals surface area (Å²) < 4.78 is 6.83. The van der Waals surface area contributed by atoms with E-state index in [-0.39, 0.29) is 12.5 Å². The van der Waals surface area contributed by atoms with Crippen molar-refractivity contribution in [3.05, 3.63) is 57.3 Å². The fourth-order valence-corrected chi connectivity index (χ4v) is 5.38. The van der Waals surface area contributed by atoms with Crippen LogP contribution in [0.4, 0.5) is 10.8 Å². The third-order valence-corrected chi connectivity index (χ3v) is 7.24. The van der Waals surface area contributed by atoms with Crippen molar-refractivity contribution in [3.8, 4) is 10.6 Å². The number of aromatic nitrogens is 3. The van der Waals surface area contributed by atoms with Gasteiger partial charge in [0.05, 0.1) is 18.1 Å². The molecule has 0 aliphatic carbocycles. The van der Waals surface area contributed by atoms with Gasteiger partial charge in [-0.25, -0.2) is 9.78 Å². The van der Waals surface area contributed by atoms with Crippen LogP contribution < -0.4 is 15.9 Å². The quantitative estimate of drug-likeness (QED) is 0.461. The summed E-state index contributed by atoms with van der Waals surface area (Å²) in [6.45, 7) is 2.54. The number of thiazole rings is 1. The van der Waals surface area contributed by atoms with Crippen LogP contribution in [0.15, 0.2) is 46.6 Å². The van der Waals surface area contributed by atoms with Gasteiger partial charge < -0.3 is 15.0 Å². The first-order valence-corrected chi connectivity index (χ1v) is 12.0. The van der Waals surface area contributed by atoms with Gasteiger partial charge in [-0.15, -0.1) is 11.3 Å². The van der Waals surface area contributed by atoms with Gasteiger partial charge in [0.15, 0.2) is 5.13 Å². The van der Waals surface area contributed by atoms with E-state index in [4.69, 9.17) is 21.3 Å². The Labute approximate surface area is 196 Å². The summed E-state index contributed by atoms with van der Waals surface area (Å²) in [5, 5.41) is 6.10. The molecule has 8 nitrogen and oxygen atoms in total. The molecule has 1 N–H and O–H groups in total. The molecule has 0 bridgehead atoms. The van der Waals surface area contributed by atoms with Gasteiger partial charge in [0.1, 0.15) is 22.6 Å². The maximum absolute atomic E-state index is 13.0. The number of carbonyl (C=O) groups excluding carboxylic acids is 1. The lowest BCUT2D eigenvalue weighted by molar-refractivity contribution is -0.116. The number of anilines is 2. The predicted molar refractivity (Wildman–Crippen MR) is 128 cm³/mol. The second kappa shape index (κ2) is 8.99. The van der Waals surface area contributed by atoms with E-state index < -0.39 is 5.69 Å². The lowest BCUT2D eigenvalue weighted by atomic mass is 10.3. The summed E-state index contributed by atoms with van der Waals surface area (Å²) >= 11 is 8.80. The number of benzene rings is 1. The third-order valence-electron chi connectivity index (χ3n) is 4.97. The number of nitrogens with one attached hydrogen (secondary N) is 1. The number of rotatable bonds is 5. The zero-order valence-corrected chi connectivity index (χ0v) is 19.2. The molecule has 0 saturated carbocycles. The predicted octanol–water partition coefficient (Wildman–Crippen LogP) is 3.71. The van der Waals surface area contributed by atoms with Crippen molar-refractivity contribution in [2.24, 2.45) is 0 Å². The van der Waals surface area contributed by atoms with Crippen LogP contribution >= 0.6 is 34.3 Å². The molecule has 11 heteroatoms. The number of thiophene rings is 1. The van der Waals surface area contributed by atoms with Crippen LogP contribution in [0.25, 0.3) is 20.9 Å². The van der Waals surface area contributed by atoms with Crippen molar-refractivity contribution < 1.29 is 9.53 Å². The number of hydrogen-bond acceptors (Lipinski definition) is 8. The Kier molecular flexibility index (Phi) is 5.92. The average Bonchev–Trinajstić information content (AvgIpc) is 3.48. The van der Waals surface area contributed by atoms with Crippen LogP contribution in [-0.4, -0.2) is 46.7 Å². The second-order valence-electron chi connectivity index (χ2n) is 7.11. The first kappa shape index (κ1) is 21.1. The minimum absolute atomic E-state index is 0.166. The molecule has 32 heavy (non-hydrogen) atoms. The molecule has 0 atom stereocenters. The Morgan fingerprint density at radius 3 is 2.66 bits per heavy atom. The van der Waals surface area contributed by atoms with Crippen LogP contribution in [0.2, 0.25) is 5.02 Å². The molecule has 164 valence electrons. The van der Waals surface area contributed by atoms with E-state index in [1.165, 1.54) is 27.2 Å². The zero-order chi connectivity index (χ0) is 22.1. The maximum atomic E-state index is 13.0. The Morgan fingerprint density at radius 1 is 1.16 bits per heavy atom. The monoisotopic (exact) mass is 487 g/mol. The Bertz CT molecular complexity index is 1310. The lowest BCUT2D eigenvalue weighted by Crippen LogP contribution is -2.36. The SMILES string of the molecule is O=C(Cn1c(=O)nc(-c2cccs2)c2nc(N3CCOCC3)sc21)Nc1ccc(Cl)cc1. The summed E-state index contributed by atoms with van der Waals surface area (Å²) in [5.41, 5.74) is 1.29. The highest BCUT2D eigenvalue weighted by Gasteiger charge is 2.22. The Balaban J connectivity index is 1.54. The summed E-state index contributed by atoms with van der Waals surface area (Å²) in [6, 6.07) is 10.6. The van der Waals surface area contributed by atoms with E-state index >= 15 is 0 Å². The van der Waals surface area contributed by atoms with Gasteiger partial charge in [-0.2, -0.15) is 4.98 Å². The van der Waals surface area contributed by atoms with Crippen LogP contribution in [0.5, 0.6) is 0 Å². The highest BCUT2D eigenvalue weighted by Crippen LogP contribution is 2.35. The van der Waals surface area contributed by atoms with Crippen molar-refractivity contribution in [1.29, 1.82) is 0 Å². The largest absolute Gasteiger partial charge is 0.378 e. The fraction of sp³-hybridized carbons (Fsp3) is 0.238. The van der Waals surface area contributed by atoms with E-state index in [1.807, 2.05) is 17.5 Å². The van der Waals surface area contributed by atoms with Crippen molar-refractivity contribution in [2.45, 2.75) is 6.54 Å². The summed E-state index contributed by atoms with van der Waals surface area (Å²) in [7, 11) is 0. The number of carbonyl (C=O) groups is 1. The minimum Gasteiger partial charge on any atom is -0.378 e. The van der Waals surface area contributed by atoms with Gasteiger partial charge in [-0.05, 0) is 35.7 Å². The molecule has 1 amide bonds. The van der Waals surface area contributed by atoms with Crippen molar-refractivity contribution in [3.63, 3.8) is 0 Å². The lowest BCUT2D eigenvalue weighted by Gasteiger charge is -2.25. The van der Waals surface area contributed by atoms with Crippen LogP contribution in [0, 0.1) is 0 Å². The van der Waals surface area contributed by atoms with Crippen LogP contribution in [-0.2, 0) is 16.1 Å². The zero-order valence-electron chi connectivity index (χ0n) is 16.8. The summed E-state index contributed by atoms with van der Waals surface area (Å²) in [4.78, 5) is 38.4. The van der Waals surface area contributed by atoms with Crippen molar-refractivity contribution in [1.82, 2.24) is 14.5 Å². The van der Waals surface area contributed by atoms with Gasteiger partial charge in [-0.3, -0.25) is 9.36 Å². The normalized spacial score (nSPS) is 14.1. The summed E-state index contributed by atoms with van der Waals surface area (Å²) in [5.74, 6) is -0.331. The number of nitrogens with zero attached hydrogens (tertiary/aromatic N) is 4. The molecular formula is C21H18ClN5O3S2. The minimum atomic E-state index is -0.482. The van der Waals surface area contributed by atoms with E-state index in [1.54, 1.807) is 24.3 Å². The molecule has 4 aromatic rings. The number of amides is 1. The molecule has 4 heterocycles. The number of hydrogen-bond donors (Lipinski definition) is 1. The third kappa shape index (κ3) is 4.26. The van der Waals surface area contributed by atoms with E-state index in [2.05, 4.69) is 15.2 Å². The molecular weight excluding hydrogens is 470 g/mol. The first-order chi connectivity index (χ1) is 15.6. The molecule has 1 saturated heterocycles. The second-order valence-corrected chi connectivity index (χ2v) is 9.45. The Morgan fingerprint density at radius 2 is 1.94 bits per heavy atom. The molecule has 0 unspecified atom stereocenters. The smallest absolute Gasteiger partial charge is 0.349 e. The average molecular weight is 488 g/mol. The first-order valence-electron chi connectivity index (χ1n) is 9.92. The molecule has 1 aliphatic heterocycles. The van der Waals surface area contributed by atoms with Gasteiger partial charge in [0.2, 0.25) is 5.91 Å². The van der Waals surface area contributed by atoms with E-state index in [9.17, 15) is 9.59 Å². The molecule has 0 spiro atoms. The molecule has 1 fully saturated rings.